The fraction of sp³-hybridized carbons (Fsp3) is 0.769. The zero-order valence-electron chi connectivity index (χ0n) is 11.9. The Balaban J connectivity index is 2.86. The lowest BCUT2D eigenvalue weighted by molar-refractivity contribution is -0.151. The van der Waals surface area contributed by atoms with Gasteiger partial charge in [-0.2, -0.15) is 0 Å². The summed E-state index contributed by atoms with van der Waals surface area (Å²) in [6.07, 6.45) is 3.63. The highest BCUT2D eigenvalue weighted by Crippen LogP contribution is 2.29. The third-order valence-electron chi connectivity index (χ3n) is 3.71. The third-order valence-corrected chi connectivity index (χ3v) is 3.71. The molecule has 0 aromatic carbocycles. The van der Waals surface area contributed by atoms with Gasteiger partial charge >= 0.3 is 11.9 Å². The van der Waals surface area contributed by atoms with E-state index in [2.05, 4.69) is 14.8 Å². The number of hydrogen-bond donors (Lipinski definition) is 2. The van der Waals surface area contributed by atoms with Crippen molar-refractivity contribution in [2.24, 2.45) is 5.73 Å². The van der Waals surface area contributed by atoms with Gasteiger partial charge in [0.2, 0.25) is 5.91 Å². The van der Waals surface area contributed by atoms with Gasteiger partial charge < -0.3 is 15.2 Å². The Morgan fingerprint density at radius 1 is 1.15 bits per heavy atom. The molecule has 7 nitrogen and oxygen atoms in total. The van der Waals surface area contributed by atoms with Gasteiger partial charge in [0, 0.05) is 0 Å². The predicted octanol–water partition coefficient (Wildman–Crippen LogP) is -0.131. The van der Waals surface area contributed by atoms with Gasteiger partial charge in [-0.3, -0.25) is 19.7 Å². The molecule has 0 heterocycles. The number of hydrogen-bond acceptors (Lipinski definition) is 6. The highest BCUT2D eigenvalue weighted by atomic mass is 16.5. The molecule has 0 radical (unpaired) electrons. The molecule has 20 heavy (non-hydrogen) atoms. The summed E-state index contributed by atoms with van der Waals surface area (Å²) in [6.45, 7) is 0. The Morgan fingerprint density at radius 3 is 2.20 bits per heavy atom. The van der Waals surface area contributed by atoms with Gasteiger partial charge in [-0.25, -0.2) is 0 Å². The lowest BCUT2D eigenvalue weighted by Crippen LogP contribution is -2.61. The highest BCUT2D eigenvalue weighted by Gasteiger charge is 2.41. The summed E-state index contributed by atoms with van der Waals surface area (Å²) in [6, 6.07) is -0.932. The molecule has 0 aliphatic heterocycles. The van der Waals surface area contributed by atoms with Crippen molar-refractivity contribution in [3.05, 3.63) is 0 Å². The minimum absolute atomic E-state index is 0.196. The van der Waals surface area contributed by atoms with Crippen LogP contribution in [0.15, 0.2) is 0 Å². The highest BCUT2D eigenvalue weighted by molar-refractivity contribution is 5.87. The smallest absolute Gasteiger partial charge is 0.323 e. The van der Waals surface area contributed by atoms with Crippen molar-refractivity contribution in [2.75, 3.05) is 14.2 Å². The number of carbonyl (C=O) groups is 3. The summed E-state index contributed by atoms with van der Waals surface area (Å²) in [5.41, 5.74) is 4.53. The number of primary amides is 1. The van der Waals surface area contributed by atoms with Crippen molar-refractivity contribution in [1.29, 1.82) is 0 Å². The molecule has 1 amide bonds. The monoisotopic (exact) mass is 286 g/mol. The van der Waals surface area contributed by atoms with Crippen LogP contribution in [0.2, 0.25) is 0 Å². The molecule has 114 valence electrons. The van der Waals surface area contributed by atoms with Crippen LogP contribution in [-0.4, -0.2) is 43.6 Å². The molecule has 1 saturated carbocycles. The minimum Gasteiger partial charge on any atom is -0.469 e. The molecule has 0 unspecified atom stereocenters. The van der Waals surface area contributed by atoms with E-state index in [1.54, 1.807) is 0 Å². The average molecular weight is 286 g/mol. The summed E-state index contributed by atoms with van der Waals surface area (Å²) in [7, 11) is 2.47. The van der Waals surface area contributed by atoms with Gasteiger partial charge in [0.1, 0.15) is 6.04 Å². The van der Waals surface area contributed by atoms with E-state index in [9.17, 15) is 14.4 Å². The van der Waals surface area contributed by atoms with Crippen LogP contribution in [-0.2, 0) is 23.9 Å². The molecule has 1 rings (SSSR count). The molecular formula is C13H22N2O5. The van der Waals surface area contributed by atoms with E-state index in [0.717, 1.165) is 19.3 Å². The number of nitrogens with one attached hydrogen (secondary N) is 1. The molecule has 3 N–H and O–H groups in total. The van der Waals surface area contributed by atoms with E-state index in [-0.39, 0.29) is 6.42 Å². The van der Waals surface area contributed by atoms with Gasteiger partial charge in [0.25, 0.3) is 0 Å². The first-order chi connectivity index (χ1) is 9.45. The van der Waals surface area contributed by atoms with Gasteiger partial charge in [0.05, 0.1) is 26.2 Å². The van der Waals surface area contributed by atoms with Crippen LogP contribution in [0.3, 0.4) is 0 Å². The normalized spacial score (nSPS) is 18.9. The van der Waals surface area contributed by atoms with Crippen LogP contribution in [0.1, 0.15) is 38.5 Å². The standard InChI is InChI=1S/C13H22N2O5/c1-19-10(16)8-9(11(17)20-2)15-13(12(14)18)6-4-3-5-7-13/h9,15H,3-8H2,1-2H3,(H2,14,18)/t9-/m0/s1. The molecule has 1 aliphatic carbocycles. The number of esters is 2. The second kappa shape index (κ2) is 7.23. The summed E-state index contributed by atoms with van der Waals surface area (Å²) >= 11 is 0. The maximum Gasteiger partial charge on any atom is 0.323 e. The Bertz CT molecular complexity index is 377. The molecule has 0 spiro atoms. The number of amides is 1. The molecular weight excluding hydrogens is 264 g/mol. The molecule has 0 aromatic rings. The lowest BCUT2D eigenvalue weighted by atomic mass is 9.80. The molecule has 1 atom stereocenters. The molecule has 0 bridgehead atoms. The summed E-state index contributed by atoms with van der Waals surface area (Å²) < 4.78 is 9.22. The number of rotatable bonds is 6. The zero-order valence-corrected chi connectivity index (χ0v) is 11.9. The maximum absolute atomic E-state index is 11.8. The van der Waals surface area contributed by atoms with Crippen LogP contribution >= 0.6 is 0 Å². The van der Waals surface area contributed by atoms with Crippen molar-refractivity contribution >= 4 is 17.8 Å². The molecule has 1 fully saturated rings. The first kappa shape index (κ1) is 16.4. The van der Waals surface area contributed by atoms with Gasteiger partial charge in [0.15, 0.2) is 0 Å². The fourth-order valence-corrected chi connectivity index (χ4v) is 2.54. The van der Waals surface area contributed by atoms with Crippen LogP contribution in [0, 0.1) is 0 Å². The van der Waals surface area contributed by atoms with Crippen molar-refractivity contribution in [3.63, 3.8) is 0 Å². The average Bonchev–Trinajstić information content (AvgIpc) is 2.46. The molecule has 1 aliphatic rings. The Kier molecular flexibility index (Phi) is 5.94. The van der Waals surface area contributed by atoms with Crippen LogP contribution in [0.4, 0.5) is 0 Å². The Labute approximate surface area is 118 Å². The largest absolute Gasteiger partial charge is 0.469 e. The third kappa shape index (κ3) is 3.93. The van der Waals surface area contributed by atoms with Gasteiger partial charge in [-0.05, 0) is 12.8 Å². The summed E-state index contributed by atoms with van der Waals surface area (Å²) in [5.74, 6) is -1.67. The molecule has 0 saturated heterocycles. The Hall–Kier alpha value is -1.63. The van der Waals surface area contributed by atoms with Crippen LogP contribution < -0.4 is 11.1 Å². The minimum atomic E-state index is -0.953. The lowest BCUT2D eigenvalue weighted by Gasteiger charge is -2.37. The van der Waals surface area contributed by atoms with Crippen molar-refractivity contribution in [1.82, 2.24) is 5.32 Å². The van der Waals surface area contributed by atoms with E-state index in [4.69, 9.17) is 5.73 Å². The van der Waals surface area contributed by atoms with E-state index < -0.39 is 29.4 Å². The van der Waals surface area contributed by atoms with Gasteiger partial charge in [-0.15, -0.1) is 0 Å². The van der Waals surface area contributed by atoms with E-state index in [1.165, 1.54) is 14.2 Å². The fourth-order valence-electron chi connectivity index (χ4n) is 2.54. The number of ether oxygens (including phenoxy) is 2. The second-order valence-electron chi connectivity index (χ2n) is 5.01. The van der Waals surface area contributed by atoms with E-state index in [1.807, 2.05) is 0 Å². The van der Waals surface area contributed by atoms with Crippen molar-refractivity contribution in [2.45, 2.75) is 50.1 Å². The zero-order chi connectivity index (χ0) is 15.2. The van der Waals surface area contributed by atoms with Gasteiger partial charge in [-0.1, -0.05) is 19.3 Å². The second-order valence-corrected chi connectivity index (χ2v) is 5.01. The van der Waals surface area contributed by atoms with Crippen LogP contribution in [0.25, 0.3) is 0 Å². The number of nitrogens with two attached hydrogens (primary N) is 1. The SMILES string of the molecule is COC(=O)C[C@H](NC1(C(N)=O)CCCCC1)C(=O)OC. The maximum atomic E-state index is 11.8. The first-order valence-corrected chi connectivity index (χ1v) is 6.67. The van der Waals surface area contributed by atoms with Crippen molar-refractivity contribution < 1.29 is 23.9 Å². The van der Waals surface area contributed by atoms with Crippen LogP contribution in [0.5, 0.6) is 0 Å². The van der Waals surface area contributed by atoms with Crippen molar-refractivity contribution in [3.8, 4) is 0 Å². The summed E-state index contributed by atoms with van der Waals surface area (Å²) in [5, 5.41) is 2.93. The topological polar surface area (TPSA) is 108 Å². The number of carbonyl (C=O) groups excluding carboxylic acids is 3. The molecule has 0 aromatic heterocycles. The molecule has 7 heteroatoms. The predicted molar refractivity (Wildman–Crippen MR) is 70.6 cm³/mol. The van der Waals surface area contributed by atoms with E-state index in [0.29, 0.717) is 12.8 Å². The number of methoxy groups -OCH3 is 2. The summed E-state index contributed by atoms with van der Waals surface area (Å²) in [4.78, 5) is 34.9. The quantitative estimate of drug-likeness (QED) is 0.658. The Morgan fingerprint density at radius 2 is 1.75 bits per heavy atom. The first-order valence-electron chi connectivity index (χ1n) is 6.67. The van der Waals surface area contributed by atoms with E-state index >= 15 is 0 Å².